The molecule has 0 heterocycles. The lowest BCUT2D eigenvalue weighted by atomic mass is 10.1. The highest BCUT2D eigenvalue weighted by molar-refractivity contribution is 6.33. The summed E-state index contributed by atoms with van der Waals surface area (Å²) in [4.78, 5) is 11.1. The third-order valence-electron chi connectivity index (χ3n) is 1.85. The minimum Gasteiger partial charge on any atom is -0.504 e. The highest BCUT2D eigenvalue weighted by Crippen LogP contribution is 2.32. The second kappa shape index (κ2) is 3.94. The molecule has 0 spiro atoms. The minimum absolute atomic E-state index is 0.0870. The average Bonchev–Trinajstić information content (AvgIpc) is 2.19. The largest absolute Gasteiger partial charge is 0.504 e. The first kappa shape index (κ1) is 10.9. The molecule has 0 saturated heterocycles. The van der Waals surface area contributed by atoms with Gasteiger partial charge in [-0.15, -0.1) is 0 Å². The summed E-state index contributed by atoms with van der Waals surface area (Å²) in [6, 6.07) is 1.27. The van der Waals surface area contributed by atoms with Gasteiger partial charge in [0, 0.05) is 0 Å². The van der Waals surface area contributed by atoms with E-state index in [0.29, 0.717) is 5.56 Å². The molecule has 1 rings (SSSR count). The van der Waals surface area contributed by atoms with Crippen LogP contribution in [-0.4, -0.2) is 17.4 Å². The van der Waals surface area contributed by atoms with Crippen LogP contribution in [0.3, 0.4) is 0 Å². The molecule has 5 heteroatoms. The maximum absolute atomic E-state index is 13.3. The third kappa shape index (κ3) is 1.71. The summed E-state index contributed by atoms with van der Waals surface area (Å²) < 4.78 is 13.3. The molecule has 0 radical (unpaired) electrons. The van der Waals surface area contributed by atoms with Gasteiger partial charge < -0.3 is 10.8 Å². The van der Waals surface area contributed by atoms with Gasteiger partial charge in [-0.3, -0.25) is 4.79 Å². The first-order chi connectivity index (χ1) is 6.49. The van der Waals surface area contributed by atoms with Crippen LogP contribution in [0.5, 0.6) is 5.75 Å². The standard InChI is InChI=1S/C9H9ClFNO2/c1-4-2-5(6(13)3-12)8(11)9(14)7(4)10/h2,14H,3,12H2,1H3. The summed E-state index contributed by atoms with van der Waals surface area (Å²) in [5.41, 5.74) is 5.28. The van der Waals surface area contributed by atoms with E-state index in [9.17, 15) is 14.3 Å². The first-order valence-electron chi connectivity index (χ1n) is 3.89. The minimum atomic E-state index is -1.02. The van der Waals surface area contributed by atoms with E-state index >= 15 is 0 Å². The van der Waals surface area contributed by atoms with Crippen molar-refractivity contribution in [3.05, 3.63) is 28.0 Å². The summed E-state index contributed by atoms with van der Waals surface area (Å²) in [7, 11) is 0. The van der Waals surface area contributed by atoms with Gasteiger partial charge in [-0.2, -0.15) is 0 Å². The Morgan fingerprint density at radius 2 is 2.29 bits per heavy atom. The zero-order chi connectivity index (χ0) is 10.9. The number of rotatable bonds is 2. The van der Waals surface area contributed by atoms with E-state index in [1.54, 1.807) is 6.92 Å². The van der Waals surface area contributed by atoms with Crippen LogP contribution in [0, 0.1) is 12.7 Å². The number of nitrogens with two attached hydrogens (primary N) is 1. The van der Waals surface area contributed by atoms with Crippen LogP contribution in [0.15, 0.2) is 6.07 Å². The number of phenols is 1. The predicted octanol–water partition coefficient (Wildman–Crippen LogP) is 1.63. The van der Waals surface area contributed by atoms with Crippen molar-refractivity contribution in [2.75, 3.05) is 6.54 Å². The Bertz CT molecular complexity index is 393. The average molecular weight is 218 g/mol. The SMILES string of the molecule is Cc1cc(C(=O)CN)c(F)c(O)c1Cl. The summed E-state index contributed by atoms with van der Waals surface area (Å²) >= 11 is 5.57. The van der Waals surface area contributed by atoms with Crippen molar-refractivity contribution in [1.82, 2.24) is 0 Å². The molecule has 0 amide bonds. The van der Waals surface area contributed by atoms with Crippen molar-refractivity contribution in [1.29, 1.82) is 0 Å². The number of carbonyl (C=O) groups is 1. The number of hydrogen-bond donors (Lipinski definition) is 2. The topological polar surface area (TPSA) is 63.3 Å². The molecular formula is C9H9ClFNO2. The van der Waals surface area contributed by atoms with Gasteiger partial charge in [0.25, 0.3) is 0 Å². The molecule has 0 atom stereocenters. The Morgan fingerprint density at radius 3 is 2.79 bits per heavy atom. The molecular weight excluding hydrogens is 209 g/mol. The van der Waals surface area contributed by atoms with E-state index in [2.05, 4.69) is 0 Å². The molecule has 0 fully saturated rings. The fourth-order valence-electron chi connectivity index (χ4n) is 1.07. The fraction of sp³-hybridized carbons (Fsp3) is 0.222. The lowest BCUT2D eigenvalue weighted by molar-refractivity contribution is 0.0996. The quantitative estimate of drug-likeness (QED) is 0.741. The van der Waals surface area contributed by atoms with Crippen LogP contribution >= 0.6 is 11.6 Å². The summed E-state index contributed by atoms with van der Waals surface area (Å²) in [5, 5.41) is 9.13. The molecule has 1 aromatic carbocycles. The summed E-state index contributed by atoms with van der Waals surface area (Å²) in [6.07, 6.45) is 0. The Balaban J connectivity index is 3.40. The number of aromatic hydroxyl groups is 1. The Kier molecular flexibility index (Phi) is 3.08. The smallest absolute Gasteiger partial charge is 0.179 e. The van der Waals surface area contributed by atoms with Crippen LogP contribution < -0.4 is 5.73 Å². The second-order valence-corrected chi connectivity index (χ2v) is 3.22. The van der Waals surface area contributed by atoms with Gasteiger partial charge in [0.05, 0.1) is 17.1 Å². The molecule has 0 bridgehead atoms. The number of halogens is 2. The van der Waals surface area contributed by atoms with Crippen molar-refractivity contribution < 1.29 is 14.3 Å². The molecule has 3 N–H and O–H groups in total. The zero-order valence-electron chi connectivity index (χ0n) is 7.47. The van der Waals surface area contributed by atoms with Crippen molar-refractivity contribution >= 4 is 17.4 Å². The number of Topliss-reactive ketones (excluding diaryl/α,β-unsaturated/α-hetero) is 1. The number of ketones is 1. The lowest BCUT2D eigenvalue weighted by Gasteiger charge is -2.06. The number of hydrogen-bond acceptors (Lipinski definition) is 3. The Labute approximate surface area is 85.3 Å². The van der Waals surface area contributed by atoms with Crippen LogP contribution in [0.1, 0.15) is 15.9 Å². The summed E-state index contributed by atoms with van der Waals surface area (Å²) in [5.74, 6) is -2.29. The van der Waals surface area contributed by atoms with E-state index in [-0.39, 0.29) is 17.1 Å². The number of carbonyl (C=O) groups excluding carboxylic acids is 1. The third-order valence-corrected chi connectivity index (χ3v) is 2.32. The van der Waals surface area contributed by atoms with Crippen LogP contribution in [-0.2, 0) is 0 Å². The molecule has 0 aliphatic carbocycles. The molecule has 0 aliphatic rings. The number of benzene rings is 1. The normalized spacial score (nSPS) is 10.3. The van der Waals surface area contributed by atoms with Crippen molar-refractivity contribution in [2.24, 2.45) is 5.73 Å². The van der Waals surface area contributed by atoms with Crippen molar-refractivity contribution in [3.8, 4) is 5.75 Å². The van der Waals surface area contributed by atoms with Crippen LogP contribution in [0.2, 0.25) is 5.02 Å². The van der Waals surface area contributed by atoms with Crippen molar-refractivity contribution in [2.45, 2.75) is 6.92 Å². The van der Waals surface area contributed by atoms with Gasteiger partial charge in [0.15, 0.2) is 17.3 Å². The molecule has 3 nitrogen and oxygen atoms in total. The monoisotopic (exact) mass is 217 g/mol. The van der Waals surface area contributed by atoms with Crippen LogP contribution in [0.25, 0.3) is 0 Å². The van der Waals surface area contributed by atoms with E-state index in [1.807, 2.05) is 0 Å². The van der Waals surface area contributed by atoms with Gasteiger partial charge in [-0.1, -0.05) is 11.6 Å². The van der Waals surface area contributed by atoms with E-state index in [1.165, 1.54) is 6.07 Å². The molecule has 0 saturated carbocycles. The van der Waals surface area contributed by atoms with Gasteiger partial charge >= 0.3 is 0 Å². The lowest BCUT2D eigenvalue weighted by Crippen LogP contribution is -2.15. The van der Waals surface area contributed by atoms with Gasteiger partial charge in [-0.25, -0.2) is 4.39 Å². The van der Waals surface area contributed by atoms with Crippen molar-refractivity contribution in [3.63, 3.8) is 0 Å². The first-order valence-corrected chi connectivity index (χ1v) is 4.27. The highest BCUT2D eigenvalue weighted by Gasteiger charge is 2.18. The molecule has 76 valence electrons. The van der Waals surface area contributed by atoms with E-state index in [4.69, 9.17) is 17.3 Å². The van der Waals surface area contributed by atoms with Crippen LogP contribution in [0.4, 0.5) is 4.39 Å². The zero-order valence-corrected chi connectivity index (χ0v) is 8.23. The predicted molar refractivity (Wildman–Crippen MR) is 51.2 cm³/mol. The Morgan fingerprint density at radius 1 is 1.71 bits per heavy atom. The maximum Gasteiger partial charge on any atom is 0.179 e. The maximum atomic E-state index is 13.3. The molecule has 14 heavy (non-hydrogen) atoms. The number of phenolic OH excluding ortho intramolecular Hbond substituents is 1. The molecule has 0 aromatic heterocycles. The van der Waals surface area contributed by atoms with Gasteiger partial charge in [0.2, 0.25) is 0 Å². The summed E-state index contributed by atoms with van der Waals surface area (Å²) in [6.45, 7) is 1.26. The van der Waals surface area contributed by atoms with E-state index < -0.39 is 17.3 Å². The molecule has 0 unspecified atom stereocenters. The highest BCUT2D eigenvalue weighted by atomic mass is 35.5. The van der Waals surface area contributed by atoms with E-state index in [0.717, 1.165) is 0 Å². The van der Waals surface area contributed by atoms with Gasteiger partial charge in [0.1, 0.15) is 0 Å². The number of aryl methyl sites for hydroxylation is 1. The Hall–Kier alpha value is -1.13. The fourth-order valence-corrected chi connectivity index (χ4v) is 1.20. The van der Waals surface area contributed by atoms with Gasteiger partial charge in [-0.05, 0) is 18.6 Å². The molecule has 0 aliphatic heterocycles. The second-order valence-electron chi connectivity index (χ2n) is 2.84. The molecule has 1 aromatic rings.